The molecular formula is C19H20ClN5O5. The van der Waals surface area contributed by atoms with Gasteiger partial charge in [0.25, 0.3) is 17.4 Å². The molecule has 1 aromatic carbocycles. The molecular weight excluding hydrogens is 414 g/mol. The standard InChI is InChI=1S/C19H20ClN5O5/c20-12-2-3-15-13(8-12)18(28)22-4-1-6-25(11-17(27)21-5-7-30-15)19(29)14-9-24-16(26)10-23-14/h2-3,8-10H,1,4-7,11H2,(H,21,27)(H,22,28)(H,24,26). The molecule has 3 N–H and O–H groups in total. The number of fused-ring (bicyclic) bond motifs is 1. The van der Waals surface area contributed by atoms with E-state index in [1.54, 1.807) is 12.1 Å². The summed E-state index contributed by atoms with van der Waals surface area (Å²) in [5, 5.41) is 5.83. The SMILES string of the molecule is O=C1CN(C(=O)c2c[nH]c(=O)cn2)CCCNC(=O)c2cc(Cl)ccc2OCCN1. The van der Waals surface area contributed by atoms with Gasteiger partial charge in [-0.05, 0) is 24.6 Å². The highest BCUT2D eigenvalue weighted by molar-refractivity contribution is 6.31. The molecule has 3 amide bonds. The number of hydrogen-bond acceptors (Lipinski definition) is 6. The first-order chi connectivity index (χ1) is 14.4. The Hall–Kier alpha value is -3.40. The van der Waals surface area contributed by atoms with Crippen LogP contribution in [0, 0.1) is 0 Å². The van der Waals surface area contributed by atoms with Crippen LogP contribution in [0.3, 0.4) is 0 Å². The van der Waals surface area contributed by atoms with Gasteiger partial charge in [0.1, 0.15) is 18.1 Å². The highest BCUT2D eigenvalue weighted by Crippen LogP contribution is 2.23. The number of ether oxygens (including phenoxy) is 1. The Morgan fingerprint density at radius 1 is 1.17 bits per heavy atom. The van der Waals surface area contributed by atoms with Crippen molar-refractivity contribution < 1.29 is 19.1 Å². The van der Waals surface area contributed by atoms with Gasteiger partial charge in [0, 0.05) is 24.3 Å². The molecule has 0 bridgehead atoms. The normalized spacial score (nSPS) is 15.8. The fourth-order valence-electron chi connectivity index (χ4n) is 2.83. The Kier molecular flexibility index (Phi) is 7.02. The molecule has 0 saturated heterocycles. The van der Waals surface area contributed by atoms with E-state index in [-0.39, 0.29) is 55.9 Å². The number of amides is 3. The van der Waals surface area contributed by atoms with Gasteiger partial charge in [0.2, 0.25) is 5.91 Å². The van der Waals surface area contributed by atoms with Crippen LogP contribution in [0.2, 0.25) is 5.02 Å². The molecule has 1 aromatic heterocycles. The first-order valence-corrected chi connectivity index (χ1v) is 9.63. The van der Waals surface area contributed by atoms with Crippen LogP contribution in [0.1, 0.15) is 27.3 Å². The lowest BCUT2D eigenvalue weighted by atomic mass is 10.2. The average Bonchev–Trinajstić information content (AvgIpc) is 2.73. The third kappa shape index (κ3) is 5.57. The predicted octanol–water partition coefficient (Wildman–Crippen LogP) is 0.194. The van der Waals surface area contributed by atoms with Crippen molar-refractivity contribution in [1.29, 1.82) is 0 Å². The number of nitrogens with one attached hydrogen (secondary N) is 3. The Morgan fingerprint density at radius 3 is 2.77 bits per heavy atom. The Bertz CT molecular complexity index is 989. The lowest BCUT2D eigenvalue weighted by molar-refractivity contribution is -0.121. The van der Waals surface area contributed by atoms with Gasteiger partial charge in [-0.1, -0.05) is 11.6 Å². The van der Waals surface area contributed by atoms with Gasteiger partial charge in [-0.2, -0.15) is 0 Å². The van der Waals surface area contributed by atoms with E-state index in [0.29, 0.717) is 17.2 Å². The van der Waals surface area contributed by atoms with Gasteiger partial charge in [0.15, 0.2) is 0 Å². The largest absolute Gasteiger partial charge is 0.491 e. The van der Waals surface area contributed by atoms with Crippen molar-refractivity contribution in [2.45, 2.75) is 6.42 Å². The van der Waals surface area contributed by atoms with Crippen LogP contribution in [0.15, 0.2) is 35.4 Å². The van der Waals surface area contributed by atoms with E-state index in [1.165, 1.54) is 17.2 Å². The quantitative estimate of drug-likeness (QED) is 0.588. The molecule has 0 aliphatic carbocycles. The fraction of sp³-hybridized carbons (Fsp3) is 0.316. The molecule has 3 rings (SSSR count). The van der Waals surface area contributed by atoms with Gasteiger partial charge in [-0.15, -0.1) is 0 Å². The molecule has 2 aromatic rings. The lowest BCUT2D eigenvalue weighted by Crippen LogP contribution is -2.43. The summed E-state index contributed by atoms with van der Waals surface area (Å²) in [5.41, 5.74) is -0.135. The summed E-state index contributed by atoms with van der Waals surface area (Å²) in [6.45, 7) is 0.575. The summed E-state index contributed by atoms with van der Waals surface area (Å²) in [6.07, 6.45) is 2.59. The van der Waals surface area contributed by atoms with Gasteiger partial charge in [0.05, 0.1) is 24.8 Å². The van der Waals surface area contributed by atoms with Crippen molar-refractivity contribution >= 4 is 29.3 Å². The topological polar surface area (TPSA) is 133 Å². The van der Waals surface area contributed by atoms with Crippen LogP contribution >= 0.6 is 11.6 Å². The van der Waals surface area contributed by atoms with E-state index in [1.807, 2.05) is 0 Å². The number of carbonyl (C=O) groups excluding carboxylic acids is 3. The molecule has 10 nitrogen and oxygen atoms in total. The molecule has 0 fully saturated rings. The second-order valence-corrected chi connectivity index (χ2v) is 6.91. The molecule has 1 aliphatic heterocycles. The van der Waals surface area contributed by atoms with Crippen LogP contribution in [0.4, 0.5) is 0 Å². The minimum Gasteiger partial charge on any atom is -0.491 e. The third-order valence-corrected chi connectivity index (χ3v) is 4.51. The van der Waals surface area contributed by atoms with Crippen molar-refractivity contribution in [3.05, 3.63) is 57.2 Å². The minimum absolute atomic E-state index is 0.0134. The Balaban J connectivity index is 1.74. The summed E-state index contributed by atoms with van der Waals surface area (Å²) in [7, 11) is 0. The Morgan fingerprint density at radius 2 is 2.00 bits per heavy atom. The lowest BCUT2D eigenvalue weighted by Gasteiger charge is -2.22. The summed E-state index contributed by atoms with van der Waals surface area (Å²) < 4.78 is 5.60. The molecule has 0 atom stereocenters. The second kappa shape index (κ2) is 9.88. The zero-order chi connectivity index (χ0) is 21.5. The van der Waals surface area contributed by atoms with Crippen LogP contribution in [0.5, 0.6) is 5.75 Å². The summed E-state index contributed by atoms with van der Waals surface area (Å²) >= 11 is 5.99. The predicted molar refractivity (Wildman–Crippen MR) is 108 cm³/mol. The average molecular weight is 434 g/mol. The van der Waals surface area contributed by atoms with Crippen molar-refractivity contribution in [3.8, 4) is 5.75 Å². The number of rotatable bonds is 1. The van der Waals surface area contributed by atoms with Gasteiger partial charge in [-0.3, -0.25) is 19.2 Å². The maximum atomic E-state index is 12.7. The Labute approximate surface area is 176 Å². The maximum Gasteiger partial charge on any atom is 0.274 e. The molecule has 0 spiro atoms. The molecule has 0 saturated carbocycles. The highest BCUT2D eigenvalue weighted by Gasteiger charge is 2.21. The summed E-state index contributed by atoms with van der Waals surface area (Å²) in [5.74, 6) is -0.861. The zero-order valence-corrected chi connectivity index (χ0v) is 16.7. The zero-order valence-electron chi connectivity index (χ0n) is 15.9. The number of halogens is 1. The van der Waals surface area contributed by atoms with Crippen molar-refractivity contribution in [2.24, 2.45) is 0 Å². The molecule has 158 valence electrons. The van der Waals surface area contributed by atoms with Crippen LogP contribution in [0.25, 0.3) is 0 Å². The number of aromatic nitrogens is 2. The molecule has 2 heterocycles. The van der Waals surface area contributed by atoms with Crippen molar-refractivity contribution in [2.75, 3.05) is 32.8 Å². The monoisotopic (exact) mass is 433 g/mol. The van der Waals surface area contributed by atoms with E-state index in [0.717, 1.165) is 6.20 Å². The molecule has 0 unspecified atom stereocenters. The van der Waals surface area contributed by atoms with Gasteiger partial charge >= 0.3 is 0 Å². The second-order valence-electron chi connectivity index (χ2n) is 6.47. The number of benzene rings is 1. The minimum atomic E-state index is -0.506. The van der Waals surface area contributed by atoms with E-state index < -0.39 is 11.5 Å². The van der Waals surface area contributed by atoms with Gasteiger partial charge < -0.3 is 25.3 Å². The number of hydrogen-bond donors (Lipinski definition) is 3. The fourth-order valence-corrected chi connectivity index (χ4v) is 3.00. The summed E-state index contributed by atoms with van der Waals surface area (Å²) in [6, 6.07) is 4.72. The van der Waals surface area contributed by atoms with Crippen molar-refractivity contribution in [3.63, 3.8) is 0 Å². The van der Waals surface area contributed by atoms with Crippen LogP contribution in [-0.2, 0) is 4.79 Å². The number of aromatic amines is 1. The van der Waals surface area contributed by atoms with E-state index >= 15 is 0 Å². The number of nitrogens with zero attached hydrogens (tertiary/aromatic N) is 2. The number of H-pyrrole nitrogens is 1. The molecule has 30 heavy (non-hydrogen) atoms. The molecule has 0 radical (unpaired) electrons. The van der Waals surface area contributed by atoms with E-state index in [9.17, 15) is 19.2 Å². The van der Waals surface area contributed by atoms with E-state index in [2.05, 4.69) is 20.6 Å². The van der Waals surface area contributed by atoms with Crippen LogP contribution < -0.4 is 20.9 Å². The first kappa shape index (κ1) is 21.3. The molecule has 1 aliphatic rings. The smallest absolute Gasteiger partial charge is 0.274 e. The van der Waals surface area contributed by atoms with Gasteiger partial charge in [-0.25, -0.2) is 4.98 Å². The van der Waals surface area contributed by atoms with E-state index in [4.69, 9.17) is 16.3 Å². The van der Waals surface area contributed by atoms with Crippen molar-refractivity contribution in [1.82, 2.24) is 25.5 Å². The molecule has 11 heteroatoms. The van der Waals surface area contributed by atoms with Crippen LogP contribution in [-0.4, -0.2) is 65.4 Å². The number of carbonyl (C=O) groups is 3. The highest BCUT2D eigenvalue weighted by atomic mass is 35.5. The maximum absolute atomic E-state index is 12.7. The third-order valence-electron chi connectivity index (χ3n) is 4.27. The summed E-state index contributed by atoms with van der Waals surface area (Å²) in [4.78, 5) is 56.1. The first-order valence-electron chi connectivity index (χ1n) is 9.25.